The SMILES string of the molecule is CC[C@]1(N2CCN(S(=O)(=O)c3ccc(Cl)s3)CC2)CCN(C(=O)C(C)C)C1. The van der Waals surface area contributed by atoms with Crippen LogP contribution in [-0.2, 0) is 14.8 Å². The van der Waals surface area contributed by atoms with Gasteiger partial charge < -0.3 is 4.90 Å². The van der Waals surface area contributed by atoms with Crippen molar-refractivity contribution >= 4 is 38.9 Å². The van der Waals surface area contributed by atoms with E-state index in [0.717, 1.165) is 37.3 Å². The number of carbonyl (C=O) groups is 1. The molecule has 152 valence electrons. The molecule has 2 aliphatic rings. The smallest absolute Gasteiger partial charge is 0.252 e. The monoisotopic (exact) mass is 433 g/mol. The van der Waals surface area contributed by atoms with Gasteiger partial charge in [0.1, 0.15) is 4.21 Å². The molecule has 0 aliphatic carbocycles. The summed E-state index contributed by atoms with van der Waals surface area (Å²) in [5, 5.41) is 0. The van der Waals surface area contributed by atoms with Crippen molar-refractivity contribution in [1.29, 1.82) is 0 Å². The van der Waals surface area contributed by atoms with Gasteiger partial charge in [0.15, 0.2) is 0 Å². The fourth-order valence-corrected chi connectivity index (χ4v) is 7.21. The molecule has 0 spiro atoms. The molecule has 3 heterocycles. The zero-order chi connectivity index (χ0) is 19.8. The predicted octanol–water partition coefficient (Wildman–Crippen LogP) is 2.74. The van der Waals surface area contributed by atoms with Crippen LogP contribution in [0.4, 0.5) is 0 Å². The van der Waals surface area contributed by atoms with Gasteiger partial charge in [0.25, 0.3) is 10.0 Å². The van der Waals surface area contributed by atoms with E-state index in [1.165, 1.54) is 0 Å². The van der Waals surface area contributed by atoms with Crippen molar-refractivity contribution in [3.8, 4) is 0 Å². The third-order valence-corrected chi connectivity index (χ3v) is 9.45. The van der Waals surface area contributed by atoms with E-state index in [9.17, 15) is 13.2 Å². The van der Waals surface area contributed by atoms with Crippen molar-refractivity contribution in [2.24, 2.45) is 5.92 Å². The minimum Gasteiger partial charge on any atom is -0.341 e. The summed E-state index contributed by atoms with van der Waals surface area (Å²) in [6.07, 6.45) is 1.91. The number of hydrogen-bond donors (Lipinski definition) is 0. The highest BCUT2D eigenvalue weighted by molar-refractivity contribution is 7.91. The first-order valence-electron chi connectivity index (χ1n) is 9.49. The Morgan fingerprint density at radius 3 is 2.41 bits per heavy atom. The molecule has 0 saturated carbocycles. The molecule has 2 aliphatic heterocycles. The van der Waals surface area contributed by atoms with Crippen molar-refractivity contribution in [2.75, 3.05) is 39.3 Å². The topological polar surface area (TPSA) is 60.9 Å². The van der Waals surface area contributed by atoms with Crippen LogP contribution in [0.3, 0.4) is 0 Å². The van der Waals surface area contributed by atoms with Crippen LogP contribution in [0.1, 0.15) is 33.6 Å². The van der Waals surface area contributed by atoms with E-state index in [0.29, 0.717) is 34.7 Å². The number of thiophene rings is 1. The number of rotatable bonds is 5. The number of likely N-dealkylation sites (tertiary alicyclic amines) is 1. The summed E-state index contributed by atoms with van der Waals surface area (Å²) >= 11 is 7.01. The van der Waals surface area contributed by atoms with Gasteiger partial charge in [-0.25, -0.2) is 8.42 Å². The van der Waals surface area contributed by atoms with E-state index in [2.05, 4.69) is 11.8 Å². The third-order valence-electron chi connectivity index (χ3n) is 5.85. The first-order valence-corrected chi connectivity index (χ1v) is 12.1. The molecule has 0 aromatic carbocycles. The third kappa shape index (κ3) is 4.05. The highest BCUT2D eigenvalue weighted by Crippen LogP contribution is 2.34. The maximum absolute atomic E-state index is 12.8. The Hall–Kier alpha value is -0.670. The molecular formula is C18H28ClN3O3S2. The van der Waals surface area contributed by atoms with E-state index >= 15 is 0 Å². The molecule has 2 fully saturated rings. The van der Waals surface area contributed by atoms with Crippen LogP contribution in [0.15, 0.2) is 16.3 Å². The van der Waals surface area contributed by atoms with E-state index in [1.807, 2.05) is 18.7 Å². The Morgan fingerprint density at radius 1 is 1.22 bits per heavy atom. The summed E-state index contributed by atoms with van der Waals surface area (Å²) in [5.74, 6) is 0.221. The Kier molecular flexibility index (Phi) is 6.23. The van der Waals surface area contributed by atoms with Gasteiger partial charge in [0, 0.05) is 50.7 Å². The Balaban J connectivity index is 1.67. The molecule has 0 unspecified atom stereocenters. The zero-order valence-corrected chi connectivity index (χ0v) is 18.5. The molecule has 1 amide bonds. The summed E-state index contributed by atoms with van der Waals surface area (Å²) in [5.41, 5.74) is -0.0351. The standard InChI is InChI=1S/C18H28ClN3O3S2/c1-4-18(7-8-20(13-18)17(23)14(2)3)21-9-11-22(12-10-21)27(24,25)16-6-5-15(19)26-16/h5-6,14H,4,7-13H2,1-3H3/t18-/m0/s1. The van der Waals surface area contributed by atoms with Crippen LogP contribution in [0.2, 0.25) is 4.34 Å². The maximum atomic E-state index is 12.8. The molecule has 27 heavy (non-hydrogen) atoms. The van der Waals surface area contributed by atoms with Gasteiger partial charge in [0.05, 0.1) is 4.34 Å². The minimum absolute atomic E-state index is 0.0114. The molecule has 0 N–H and O–H groups in total. The predicted molar refractivity (Wildman–Crippen MR) is 109 cm³/mol. The molecule has 0 bridgehead atoms. The van der Waals surface area contributed by atoms with Gasteiger partial charge in [-0.1, -0.05) is 32.4 Å². The molecule has 6 nitrogen and oxygen atoms in total. The number of piperazine rings is 1. The van der Waals surface area contributed by atoms with Crippen LogP contribution in [-0.4, -0.2) is 73.2 Å². The second-order valence-electron chi connectivity index (χ2n) is 7.69. The fourth-order valence-electron chi connectivity index (χ4n) is 4.15. The summed E-state index contributed by atoms with van der Waals surface area (Å²) in [6.45, 7) is 9.90. The summed E-state index contributed by atoms with van der Waals surface area (Å²) < 4.78 is 27.9. The summed E-state index contributed by atoms with van der Waals surface area (Å²) in [7, 11) is -3.47. The molecule has 1 atom stereocenters. The van der Waals surface area contributed by atoms with Crippen LogP contribution in [0.5, 0.6) is 0 Å². The van der Waals surface area contributed by atoms with E-state index in [4.69, 9.17) is 11.6 Å². The molecule has 1 aromatic heterocycles. The van der Waals surface area contributed by atoms with Crippen molar-refractivity contribution in [3.63, 3.8) is 0 Å². The Morgan fingerprint density at radius 2 is 1.89 bits per heavy atom. The average Bonchev–Trinajstić information content (AvgIpc) is 3.28. The van der Waals surface area contributed by atoms with Gasteiger partial charge in [-0.15, -0.1) is 11.3 Å². The van der Waals surface area contributed by atoms with Crippen molar-refractivity contribution < 1.29 is 13.2 Å². The lowest BCUT2D eigenvalue weighted by Gasteiger charge is -2.45. The number of amides is 1. The first-order chi connectivity index (χ1) is 12.7. The van der Waals surface area contributed by atoms with Crippen LogP contribution >= 0.6 is 22.9 Å². The lowest BCUT2D eigenvalue weighted by Crippen LogP contribution is -2.59. The van der Waals surface area contributed by atoms with Crippen LogP contribution in [0, 0.1) is 5.92 Å². The molecule has 2 saturated heterocycles. The number of halogens is 1. The van der Waals surface area contributed by atoms with Crippen LogP contribution in [0.25, 0.3) is 0 Å². The largest absolute Gasteiger partial charge is 0.341 e. The quantitative estimate of drug-likeness (QED) is 0.716. The molecule has 9 heteroatoms. The van der Waals surface area contributed by atoms with E-state index in [1.54, 1.807) is 16.4 Å². The first kappa shape index (κ1) is 21.0. The van der Waals surface area contributed by atoms with Gasteiger partial charge in [-0.05, 0) is 25.0 Å². The van der Waals surface area contributed by atoms with Gasteiger partial charge in [0.2, 0.25) is 5.91 Å². The molecule has 3 rings (SSSR count). The van der Waals surface area contributed by atoms with Crippen LogP contribution < -0.4 is 0 Å². The van der Waals surface area contributed by atoms with Crippen molar-refractivity contribution in [1.82, 2.24) is 14.1 Å². The van der Waals surface area contributed by atoms with E-state index in [-0.39, 0.29) is 17.4 Å². The highest BCUT2D eigenvalue weighted by atomic mass is 35.5. The second-order valence-corrected chi connectivity index (χ2v) is 11.6. The molecular weight excluding hydrogens is 406 g/mol. The number of hydrogen-bond acceptors (Lipinski definition) is 5. The normalized spacial score (nSPS) is 25.4. The summed E-state index contributed by atoms with van der Waals surface area (Å²) in [4.78, 5) is 16.8. The van der Waals surface area contributed by atoms with Gasteiger partial charge >= 0.3 is 0 Å². The second kappa shape index (κ2) is 7.99. The van der Waals surface area contributed by atoms with Gasteiger partial charge in [-0.2, -0.15) is 4.31 Å². The average molecular weight is 434 g/mol. The Labute approximate surface area is 171 Å². The van der Waals surface area contributed by atoms with Gasteiger partial charge in [-0.3, -0.25) is 9.69 Å². The lowest BCUT2D eigenvalue weighted by molar-refractivity contribution is -0.134. The number of carbonyl (C=O) groups excluding carboxylic acids is 1. The maximum Gasteiger partial charge on any atom is 0.252 e. The van der Waals surface area contributed by atoms with Crippen molar-refractivity contribution in [2.45, 2.75) is 43.4 Å². The molecule has 1 aromatic rings. The Bertz CT molecular complexity index is 788. The summed E-state index contributed by atoms with van der Waals surface area (Å²) in [6, 6.07) is 3.20. The lowest BCUT2D eigenvalue weighted by atomic mass is 9.92. The van der Waals surface area contributed by atoms with Crippen molar-refractivity contribution in [3.05, 3.63) is 16.5 Å². The minimum atomic E-state index is -3.47. The number of sulfonamides is 1. The van der Waals surface area contributed by atoms with E-state index < -0.39 is 10.0 Å². The fraction of sp³-hybridized carbons (Fsp3) is 0.722. The number of nitrogens with zero attached hydrogens (tertiary/aromatic N) is 3. The highest BCUT2D eigenvalue weighted by Gasteiger charge is 2.45. The zero-order valence-electron chi connectivity index (χ0n) is 16.1. The molecule has 0 radical (unpaired) electrons.